The average molecular weight is 343 g/mol. The van der Waals surface area contributed by atoms with E-state index in [4.69, 9.17) is 21.7 Å². The fraction of sp³-hybridized carbons (Fsp3) is 0.389. The van der Waals surface area contributed by atoms with Gasteiger partial charge in [0.1, 0.15) is 5.82 Å². The molecule has 1 aliphatic carbocycles. The van der Waals surface area contributed by atoms with Crippen LogP contribution in [0.4, 0.5) is 0 Å². The molecule has 0 saturated heterocycles. The van der Waals surface area contributed by atoms with Gasteiger partial charge >= 0.3 is 0 Å². The van der Waals surface area contributed by atoms with Crippen LogP contribution in [0.5, 0.6) is 0 Å². The van der Waals surface area contributed by atoms with Gasteiger partial charge in [0.25, 0.3) is 5.56 Å². The lowest BCUT2D eigenvalue weighted by Crippen LogP contribution is -2.16. The molecule has 4 rings (SSSR count). The van der Waals surface area contributed by atoms with E-state index in [-0.39, 0.29) is 5.56 Å². The van der Waals surface area contributed by atoms with Crippen LogP contribution in [0.1, 0.15) is 50.0 Å². The number of nitrogens with one attached hydrogen (secondary N) is 1. The Bertz CT molecular complexity index is 953. The highest BCUT2D eigenvalue weighted by atomic mass is 35.5. The van der Waals surface area contributed by atoms with Crippen molar-refractivity contribution in [2.75, 3.05) is 0 Å². The van der Waals surface area contributed by atoms with Gasteiger partial charge in [-0.2, -0.15) is 0 Å². The Morgan fingerprint density at radius 3 is 2.83 bits per heavy atom. The quantitative estimate of drug-likeness (QED) is 0.783. The van der Waals surface area contributed by atoms with E-state index >= 15 is 0 Å². The number of hydrogen-bond donors (Lipinski definition) is 1. The molecule has 2 heterocycles. The van der Waals surface area contributed by atoms with E-state index in [1.165, 1.54) is 12.8 Å². The number of imidazole rings is 1. The molecule has 124 valence electrons. The smallest absolute Gasteiger partial charge is 0.277 e. The number of rotatable bonds is 3. The van der Waals surface area contributed by atoms with Crippen molar-refractivity contribution in [1.82, 2.24) is 19.6 Å². The van der Waals surface area contributed by atoms with Crippen molar-refractivity contribution >= 4 is 17.1 Å². The van der Waals surface area contributed by atoms with E-state index < -0.39 is 0 Å². The Labute approximate surface area is 144 Å². The van der Waals surface area contributed by atoms with Gasteiger partial charge in [-0.1, -0.05) is 43.5 Å². The van der Waals surface area contributed by atoms with E-state index in [0.717, 1.165) is 36.3 Å². The highest BCUT2D eigenvalue weighted by Gasteiger charge is 2.25. The lowest BCUT2D eigenvalue weighted by Gasteiger charge is -2.08. The number of benzene rings is 1. The predicted octanol–water partition coefficient (Wildman–Crippen LogP) is 3.96. The molecule has 0 aliphatic heterocycles. The lowest BCUT2D eigenvalue weighted by molar-refractivity contribution is 0.639. The van der Waals surface area contributed by atoms with Crippen LogP contribution in [0.15, 0.2) is 29.1 Å². The Morgan fingerprint density at radius 2 is 2.12 bits per heavy atom. The second-order valence-electron chi connectivity index (χ2n) is 6.33. The Hall–Kier alpha value is -2.14. The third-order valence-electron chi connectivity index (χ3n) is 4.75. The van der Waals surface area contributed by atoms with Gasteiger partial charge in [-0.05, 0) is 31.4 Å². The molecular formula is C18H19ClN4O. The van der Waals surface area contributed by atoms with Gasteiger partial charge in [0.05, 0.1) is 5.69 Å². The first-order valence-electron chi connectivity index (χ1n) is 8.45. The number of aryl methyl sites for hydroxylation is 1. The number of aromatic nitrogens is 4. The van der Waals surface area contributed by atoms with Crippen LogP contribution in [0, 0.1) is 0 Å². The topological polar surface area (TPSA) is 63.1 Å². The maximum Gasteiger partial charge on any atom is 0.277 e. The molecule has 0 bridgehead atoms. The second kappa shape index (κ2) is 6.06. The van der Waals surface area contributed by atoms with E-state index in [9.17, 15) is 4.79 Å². The molecule has 0 radical (unpaired) electrons. The molecule has 1 aliphatic rings. The van der Waals surface area contributed by atoms with Crippen LogP contribution in [0.3, 0.4) is 0 Å². The summed E-state index contributed by atoms with van der Waals surface area (Å²) in [6, 6.07) is 7.35. The fourth-order valence-electron chi connectivity index (χ4n) is 3.56. The largest absolute Gasteiger partial charge is 0.303 e. The molecule has 0 unspecified atom stereocenters. The van der Waals surface area contributed by atoms with Crippen molar-refractivity contribution < 1.29 is 0 Å². The van der Waals surface area contributed by atoms with Crippen molar-refractivity contribution in [2.24, 2.45) is 0 Å². The number of nitrogens with zero attached hydrogens (tertiary/aromatic N) is 3. The first kappa shape index (κ1) is 15.4. The number of halogens is 1. The summed E-state index contributed by atoms with van der Waals surface area (Å²) in [5, 5.41) is 5.32. The summed E-state index contributed by atoms with van der Waals surface area (Å²) in [7, 11) is 0. The molecule has 2 aromatic heterocycles. The third kappa shape index (κ3) is 2.53. The van der Waals surface area contributed by atoms with E-state index in [0.29, 0.717) is 22.3 Å². The van der Waals surface area contributed by atoms with Gasteiger partial charge in [0.15, 0.2) is 11.3 Å². The zero-order valence-electron chi connectivity index (χ0n) is 13.6. The monoisotopic (exact) mass is 342 g/mol. The molecule has 5 nitrogen and oxygen atoms in total. The van der Waals surface area contributed by atoms with Gasteiger partial charge in [0, 0.05) is 16.5 Å². The Kier molecular flexibility index (Phi) is 3.88. The van der Waals surface area contributed by atoms with Crippen LogP contribution in [0.25, 0.3) is 16.9 Å². The van der Waals surface area contributed by atoms with Crippen LogP contribution >= 0.6 is 11.6 Å². The minimum atomic E-state index is -0.145. The van der Waals surface area contributed by atoms with E-state index in [1.54, 1.807) is 16.6 Å². The third-order valence-corrected chi connectivity index (χ3v) is 4.99. The fourth-order valence-corrected chi connectivity index (χ4v) is 3.75. The van der Waals surface area contributed by atoms with Gasteiger partial charge in [-0.25, -0.2) is 9.50 Å². The molecule has 3 aromatic rings. The number of hydrogen-bond acceptors (Lipinski definition) is 3. The SMILES string of the molecule is CCc1nc(C2CCCC2)n2nc(-c3cccc(Cl)c3)[nH]c(=O)c12. The molecule has 0 spiro atoms. The standard InChI is InChI=1S/C18H19ClN4O/c1-2-14-15-18(24)21-16(12-8-5-9-13(19)10-12)22-23(15)17(20-14)11-6-3-4-7-11/h5,8-11H,2-4,6-7H2,1H3,(H,21,22,24). The van der Waals surface area contributed by atoms with Gasteiger partial charge in [0.2, 0.25) is 0 Å². The molecule has 24 heavy (non-hydrogen) atoms. The summed E-state index contributed by atoms with van der Waals surface area (Å²) >= 11 is 6.08. The molecule has 0 atom stereocenters. The lowest BCUT2D eigenvalue weighted by atomic mass is 10.1. The average Bonchev–Trinajstić information content (AvgIpc) is 3.22. The van der Waals surface area contributed by atoms with Gasteiger partial charge in [-0.3, -0.25) is 4.79 Å². The van der Waals surface area contributed by atoms with E-state index in [2.05, 4.69) is 4.98 Å². The van der Waals surface area contributed by atoms with Crippen molar-refractivity contribution in [3.8, 4) is 11.4 Å². The first-order valence-corrected chi connectivity index (χ1v) is 8.83. The van der Waals surface area contributed by atoms with Crippen LogP contribution < -0.4 is 5.56 Å². The van der Waals surface area contributed by atoms with Crippen molar-refractivity contribution in [3.63, 3.8) is 0 Å². The van der Waals surface area contributed by atoms with Crippen LogP contribution in [-0.2, 0) is 6.42 Å². The number of aromatic amines is 1. The zero-order chi connectivity index (χ0) is 16.7. The van der Waals surface area contributed by atoms with E-state index in [1.807, 2.05) is 19.1 Å². The minimum Gasteiger partial charge on any atom is -0.303 e. The normalized spacial score (nSPS) is 15.4. The van der Waals surface area contributed by atoms with Crippen LogP contribution in [-0.4, -0.2) is 19.6 Å². The molecular weight excluding hydrogens is 324 g/mol. The maximum absolute atomic E-state index is 12.7. The van der Waals surface area contributed by atoms with Crippen molar-refractivity contribution in [1.29, 1.82) is 0 Å². The molecule has 6 heteroatoms. The Morgan fingerprint density at radius 1 is 1.33 bits per heavy atom. The number of fused-ring (bicyclic) bond motifs is 1. The summed E-state index contributed by atoms with van der Waals surface area (Å²) < 4.78 is 1.77. The Balaban J connectivity index is 1.95. The van der Waals surface area contributed by atoms with Gasteiger partial charge in [-0.15, -0.1) is 5.10 Å². The molecule has 0 amide bonds. The highest BCUT2D eigenvalue weighted by Crippen LogP contribution is 2.34. The summed E-state index contributed by atoms with van der Waals surface area (Å²) in [6.07, 6.45) is 5.38. The minimum absolute atomic E-state index is 0.145. The molecule has 1 N–H and O–H groups in total. The molecule has 1 saturated carbocycles. The summed E-state index contributed by atoms with van der Waals surface area (Å²) in [6.45, 7) is 2.02. The van der Waals surface area contributed by atoms with Crippen molar-refractivity contribution in [2.45, 2.75) is 44.9 Å². The maximum atomic E-state index is 12.7. The predicted molar refractivity (Wildman–Crippen MR) is 94.6 cm³/mol. The molecule has 1 aromatic carbocycles. The molecule has 1 fully saturated rings. The summed E-state index contributed by atoms with van der Waals surface area (Å²) in [4.78, 5) is 20.3. The first-order chi connectivity index (χ1) is 11.7. The zero-order valence-corrected chi connectivity index (χ0v) is 14.3. The number of H-pyrrole nitrogens is 1. The van der Waals surface area contributed by atoms with Crippen LogP contribution in [0.2, 0.25) is 5.02 Å². The second-order valence-corrected chi connectivity index (χ2v) is 6.76. The highest BCUT2D eigenvalue weighted by molar-refractivity contribution is 6.30. The summed E-state index contributed by atoms with van der Waals surface area (Å²) in [5.74, 6) is 1.84. The summed E-state index contributed by atoms with van der Waals surface area (Å²) in [5.41, 5.74) is 2.05. The van der Waals surface area contributed by atoms with Gasteiger partial charge < -0.3 is 4.98 Å². The van der Waals surface area contributed by atoms with Crippen molar-refractivity contribution in [3.05, 3.63) is 51.2 Å².